The van der Waals surface area contributed by atoms with Crippen LogP contribution in [0.25, 0.3) is 0 Å². The third kappa shape index (κ3) is 3.18. The summed E-state index contributed by atoms with van der Waals surface area (Å²) in [5.74, 6) is -0.473. The van der Waals surface area contributed by atoms with Crippen molar-refractivity contribution in [2.24, 2.45) is 0 Å². The molecule has 1 aliphatic rings. The second kappa shape index (κ2) is 5.48. The van der Waals surface area contributed by atoms with Crippen LogP contribution < -0.4 is 5.32 Å². The highest BCUT2D eigenvalue weighted by Crippen LogP contribution is 2.12. The molecule has 0 aromatic heterocycles. The number of nitrogens with one attached hydrogen (secondary N) is 1. The Morgan fingerprint density at radius 2 is 2.24 bits per heavy atom. The van der Waals surface area contributed by atoms with Gasteiger partial charge in [0.1, 0.15) is 6.04 Å². The van der Waals surface area contributed by atoms with Crippen LogP contribution in [-0.2, 0) is 20.7 Å². The summed E-state index contributed by atoms with van der Waals surface area (Å²) >= 11 is 2.19. The first-order chi connectivity index (χ1) is 8.16. The summed E-state index contributed by atoms with van der Waals surface area (Å²) in [6, 6.07) is 7.22. The molecule has 1 aliphatic heterocycles. The highest BCUT2D eigenvalue weighted by Gasteiger charge is 2.27. The first-order valence-electron chi connectivity index (χ1n) is 5.36. The molecule has 4 nitrogen and oxygen atoms in total. The number of cyclic esters (lactones) is 1. The van der Waals surface area contributed by atoms with Crippen LogP contribution >= 0.6 is 22.6 Å². The summed E-state index contributed by atoms with van der Waals surface area (Å²) < 4.78 is 5.84. The van der Waals surface area contributed by atoms with Gasteiger partial charge in [-0.15, -0.1) is 0 Å². The Balaban J connectivity index is 1.93. The highest BCUT2D eigenvalue weighted by molar-refractivity contribution is 14.1. The molecule has 2 rings (SSSR count). The molecule has 0 saturated carbocycles. The van der Waals surface area contributed by atoms with Gasteiger partial charge in [-0.1, -0.05) is 18.2 Å². The number of carbonyl (C=O) groups is 2. The molecule has 1 amide bonds. The molecule has 1 N–H and O–H groups in total. The second-order valence-corrected chi connectivity index (χ2v) is 5.01. The summed E-state index contributed by atoms with van der Waals surface area (Å²) in [4.78, 5) is 22.9. The molecular weight excluding hydrogens is 333 g/mol. The lowest BCUT2D eigenvalue weighted by atomic mass is 10.1. The van der Waals surface area contributed by atoms with E-state index in [9.17, 15) is 9.59 Å². The number of rotatable bonds is 3. The smallest absolute Gasteiger partial charge is 0.328 e. The maximum Gasteiger partial charge on any atom is 0.328 e. The van der Waals surface area contributed by atoms with Gasteiger partial charge in [0.2, 0.25) is 5.91 Å². The van der Waals surface area contributed by atoms with Gasteiger partial charge in [-0.3, -0.25) is 4.79 Å². The van der Waals surface area contributed by atoms with E-state index in [0.29, 0.717) is 19.4 Å². The van der Waals surface area contributed by atoms with Crippen LogP contribution in [-0.4, -0.2) is 24.5 Å². The third-order valence-corrected chi connectivity index (χ3v) is 3.63. The number of esters is 1. The molecule has 0 spiro atoms. The standard InChI is InChI=1S/C12H12INO3/c13-9-4-2-1-3-8(9)7-11(15)14-10-5-6-17-12(10)16/h1-4,10H,5-7H2,(H,14,15)/t10-/m0/s1. The average Bonchev–Trinajstić information content (AvgIpc) is 2.68. The van der Waals surface area contributed by atoms with Crippen molar-refractivity contribution in [1.82, 2.24) is 5.32 Å². The molecule has 17 heavy (non-hydrogen) atoms. The Labute approximate surface area is 113 Å². The number of carbonyl (C=O) groups excluding carboxylic acids is 2. The van der Waals surface area contributed by atoms with Crippen molar-refractivity contribution in [3.63, 3.8) is 0 Å². The molecule has 90 valence electrons. The van der Waals surface area contributed by atoms with E-state index < -0.39 is 6.04 Å². The second-order valence-electron chi connectivity index (χ2n) is 3.84. The zero-order valence-corrected chi connectivity index (χ0v) is 11.3. The van der Waals surface area contributed by atoms with Gasteiger partial charge in [-0.05, 0) is 34.2 Å². The fourth-order valence-electron chi connectivity index (χ4n) is 1.69. The van der Waals surface area contributed by atoms with Crippen molar-refractivity contribution in [3.8, 4) is 0 Å². The summed E-state index contributed by atoms with van der Waals surface area (Å²) in [6.45, 7) is 0.395. The zero-order chi connectivity index (χ0) is 12.3. The molecule has 0 unspecified atom stereocenters. The van der Waals surface area contributed by atoms with E-state index in [1.165, 1.54) is 0 Å². The van der Waals surface area contributed by atoms with Crippen molar-refractivity contribution in [2.75, 3.05) is 6.61 Å². The SMILES string of the molecule is O=C(Cc1ccccc1I)N[C@H]1CCOC1=O. The molecule has 1 fully saturated rings. The molecule has 1 aromatic rings. The number of hydrogen-bond acceptors (Lipinski definition) is 3. The Bertz CT molecular complexity index is 447. The predicted molar refractivity (Wildman–Crippen MR) is 70.4 cm³/mol. The van der Waals surface area contributed by atoms with Crippen LogP contribution in [0.5, 0.6) is 0 Å². The van der Waals surface area contributed by atoms with Crippen LogP contribution in [0.15, 0.2) is 24.3 Å². The van der Waals surface area contributed by atoms with Crippen molar-refractivity contribution in [3.05, 3.63) is 33.4 Å². The van der Waals surface area contributed by atoms with Crippen molar-refractivity contribution in [1.29, 1.82) is 0 Å². The molecule has 0 aliphatic carbocycles. The summed E-state index contributed by atoms with van der Waals surface area (Å²) in [5, 5.41) is 2.69. The molecule has 0 radical (unpaired) electrons. The predicted octanol–water partition coefficient (Wildman–Crippen LogP) is 1.27. The first-order valence-corrected chi connectivity index (χ1v) is 6.44. The van der Waals surface area contributed by atoms with Gasteiger partial charge in [-0.2, -0.15) is 0 Å². The summed E-state index contributed by atoms with van der Waals surface area (Å²) in [5.41, 5.74) is 0.969. The van der Waals surface area contributed by atoms with Crippen LogP contribution in [0.2, 0.25) is 0 Å². The minimum atomic E-state index is -0.469. The van der Waals surface area contributed by atoms with E-state index in [-0.39, 0.29) is 11.9 Å². The minimum Gasteiger partial charge on any atom is -0.464 e. The van der Waals surface area contributed by atoms with E-state index in [1.54, 1.807) is 0 Å². The highest BCUT2D eigenvalue weighted by atomic mass is 127. The van der Waals surface area contributed by atoms with Gasteiger partial charge < -0.3 is 10.1 Å². The lowest BCUT2D eigenvalue weighted by molar-refractivity contribution is -0.141. The van der Waals surface area contributed by atoms with E-state index in [0.717, 1.165) is 9.13 Å². The third-order valence-electron chi connectivity index (χ3n) is 2.58. The molecule has 0 bridgehead atoms. The number of ether oxygens (including phenoxy) is 1. The number of benzene rings is 1. The lowest BCUT2D eigenvalue weighted by Crippen LogP contribution is -2.38. The Kier molecular flexibility index (Phi) is 3.98. The molecular formula is C12H12INO3. The van der Waals surface area contributed by atoms with Gasteiger partial charge in [0.25, 0.3) is 0 Å². The maximum atomic E-state index is 11.7. The van der Waals surface area contributed by atoms with Gasteiger partial charge in [-0.25, -0.2) is 4.79 Å². The van der Waals surface area contributed by atoms with Crippen LogP contribution in [0.1, 0.15) is 12.0 Å². The van der Waals surface area contributed by atoms with Crippen molar-refractivity contribution in [2.45, 2.75) is 18.9 Å². The first kappa shape index (κ1) is 12.3. The van der Waals surface area contributed by atoms with E-state index in [4.69, 9.17) is 4.74 Å². The van der Waals surface area contributed by atoms with Crippen LogP contribution in [0.3, 0.4) is 0 Å². The molecule has 1 aromatic carbocycles. The van der Waals surface area contributed by atoms with E-state index in [2.05, 4.69) is 27.9 Å². The summed E-state index contributed by atoms with van der Waals surface area (Å²) in [6.07, 6.45) is 0.860. The number of halogens is 1. The van der Waals surface area contributed by atoms with Crippen LogP contribution in [0, 0.1) is 3.57 Å². The summed E-state index contributed by atoms with van der Waals surface area (Å²) in [7, 11) is 0. The quantitative estimate of drug-likeness (QED) is 0.663. The van der Waals surface area contributed by atoms with Gasteiger partial charge in [0, 0.05) is 9.99 Å². The fraction of sp³-hybridized carbons (Fsp3) is 0.333. The van der Waals surface area contributed by atoms with E-state index in [1.807, 2.05) is 24.3 Å². The van der Waals surface area contributed by atoms with Crippen molar-refractivity contribution < 1.29 is 14.3 Å². The largest absolute Gasteiger partial charge is 0.464 e. The fourth-order valence-corrected chi connectivity index (χ4v) is 2.27. The van der Waals surface area contributed by atoms with Gasteiger partial charge in [0.15, 0.2) is 0 Å². The maximum absolute atomic E-state index is 11.7. The Hall–Kier alpha value is -1.11. The Morgan fingerprint density at radius 3 is 2.88 bits per heavy atom. The van der Waals surface area contributed by atoms with Gasteiger partial charge in [0.05, 0.1) is 13.0 Å². The minimum absolute atomic E-state index is 0.141. The number of hydrogen-bond donors (Lipinski definition) is 1. The molecule has 5 heteroatoms. The number of amides is 1. The lowest BCUT2D eigenvalue weighted by Gasteiger charge is -2.09. The van der Waals surface area contributed by atoms with E-state index >= 15 is 0 Å². The molecule has 1 saturated heterocycles. The average molecular weight is 345 g/mol. The van der Waals surface area contributed by atoms with Crippen molar-refractivity contribution >= 4 is 34.5 Å². The normalized spacial score (nSPS) is 18.9. The molecule has 1 heterocycles. The zero-order valence-electron chi connectivity index (χ0n) is 9.11. The van der Waals surface area contributed by atoms with Crippen LogP contribution in [0.4, 0.5) is 0 Å². The monoisotopic (exact) mass is 345 g/mol. The van der Waals surface area contributed by atoms with Gasteiger partial charge >= 0.3 is 5.97 Å². The Morgan fingerprint density at radius 1 is 1.47 bits per heavy atom. The topological polar surface area (TPSA) is 55.4 Å². The molecule has 1 atom stereocenters.